The summed E-state index contributed by atoms with van der Waals surface area (Å²) in [6.45, 7) is 2.60. The number of carbonyl (C=O) groups is 1. The predicted octanol–water partition coefficient (Wildman–Crippen LogP) is 1.87. The van der Waals surface area contributed by atoms with Crippen LogP contribution in [0.4, 0.5) is 4.79 Å². The summed E-state index contributed by atoms with van der Waals surface area (Å²) >= 11 is 0. The molecule has 0 N–H and O–H groups in total. The van der Waals surface area contributed by atoms with E-state index in [0.717, 1.165) is 5.76 Å². The molecule has 1 heterocycles. The number of nitrogens with zero attached hydrogens (tertiary/aromatic N) is 1. The lowest BCUT2D eigenvalue weighted by Gasteiger charge is -2.14. The van der Waals surface area contributed by atoms with Gasteiger partial charge >= 0.3 is 6.09 Å². The summed E-state index contributed by atoms with van der Waals surface area (Å²) < 4.78 is 9.88. The average Bonchev–Trinajstić information content (AvgIpc) is 2.57. The number of hydrogen-bond acceptors (Lipinski definition) is 3. The zero-order valence-electron chi connectivity index (χ0n) is 7.82. The summed E-state index contributed by atoms with van der Waals surface area (Å²) in [6.07, 6.45) is 1.24. The lowest BCUT2D eigenvalue weighted by Crippen LogP contribution is -2.26. The van der Waals surface area contributed by atoms with E-state index in [4.69, 9.17) is 9.15 Å². The fraction of sp³-hybridized carbons (Fsp3) is 0.444. The molecule has 13 heavy (non-hydrogen) atoms. The first kappa shape index (κ1) is 9.64. The van der Waals surface area contributed by atoms with Crippen molar-refractivity contribution in [2.24, 2.45) is 0 Å². The van der Waals surface area contributed by atoms with Gasteiger partial charge in [0.1, 0.15) is 5.76 Å². The van der Waals surface area contributed by atoms with Crippen LogP contribution in [0.25, 0.3) is 0 Å². The van der Waals surface area contributed by atoms with Gasteiger partial charge in [-0.3, -0.25) is 0 Å². The number of ether oxygens (including phenoxy) is 1. The van der Waals surface area contributed by atoms with Crippen LogP contribution in [-0.4, -0.2) is 24.6 Å². The van der Waals surface area contributed by atoms with E-state index in [1.165, 1.54) is 4.90 Å². The van der Waals surface area contributed by atoms with Crippen molar-refractivity contribution in [3.05, 3.63) is 24.2 Å². The van der Waals surface area contributed by atoms with Crippen LogP contribution in [0.5, 0.6) is 0 Å². The minimum Gasteiger partial charge on any atom is -0.467 e. The maximum Gasteiger partial charge on any atom is 0.409 e. The maximum absolute atomic E-state index is 11.1. The molecule has 72 valence electrons. The molecule has 4 nitrogen and oxygen atoms in total. The van der Waals surface area contributed by atoms with Gasteiger partial charge in [0.2, 0.25) is 0 Å². The van der Waals surface area contributed by atoms with Gasteiger partial charge in [-0.25, -0.2) is 4.79 Å². The molecule has 4 heteroatoms. The Morgan fingerprint density at radius 2 is 2.46 bits per heavy atom. The van der Waals surface area contributed by atoms with Gasteiger partial charge in [-0.05, 0) is 19.1 Å². The summed E-state index contributed by atoms with van der Waals surface area (Å²) in [5.74, 6) is 0.746. The first-order valence-corrected chi connectivity index (χ1v) is 4.14. The molecule has 0 bridgehead atoms. The third-order valence-corrected chi connectivity index (χ3v) is 1.55. The lowest BCUT2D eigenvalue weighted by molar-refractivity contribution is 0.111. The van der Waals surface area contributed by atoms with E-state index in [9.17, 15) is 4.79 Å². The zero-order valence-corrected chi connectivity index (χ0v) is 7.82. The molecule has 0 saturated carbocycles. The molecule has 0 unspecified atom stereocenters. The highest BCUT2D eigenvalue weighted by Gasteiger charge is 2.10. The Bertz CT molecular complexity index is 256. The second-order valence-corrected chi connectivity index (χ2v) is 2.63. The van der Waals surface area contributed by atoms with Crippen molar-refractivity contribution in [2.75, 3.05) is 13.7 Å². The summed E-state index contributed by atoms with van der Waals surface area (Å²) in [6, 6.07) is 3.60. The summed E-state index contributed by atoms with van der Waals surface area (Å²) in [5, 5.41) is 0. The minimum absolute atomic E-state index is 0.334. The third-order valence-electron chi connectivity index (χ3n) is 1.55. The molecule has 0 spiro atoms. The fourth-order valence-corrected chi connectivity index (χ4v) is 0.935. The Kier molecular flexibility index (Phi) is 3.37. The number of rotatable bonds is 3. The fourth-order valence-electron chi connectivity index (χ4n) is 0.935. The van der Waals surface area contributed by atoms with E-state index >= 15 is 0 Å². The van der Waals surface area contributed by atoms with E-state index < -0.39 is 0 Å². The highest BCUT2D eigenvalue weighted by atomic mass is 16.6. The van der Waals surface area contributed by atoms with Crippen molar-refractivity contribution >= 4 is 6.09 Å². The van der Waals surface area contributed by atoms with Crippen LogP contribution in [-0.2, 0) is 11.3 Å². The van der Waals surface area contributed by atoms with Crippen LogP contribution >= 0.6 is 0 Å². The topological polar surface area (TPSA) is 42.7 Å². The molecule has 0 saturated heterocycles. The largest absolute Gasteiger partial charge is 0.467 e. The Balaban J connectivity index is 2.41. The normalized spacial score (nSPS) is 9.69. The van der Waals surface area contributed by atoms with Crippen LogP contribution in [0.1, 0.15) is 12.7 Å². The van der Waals surface area contributed by atoms with Gasteiger partial charge in [0, 0.05) is 7.05 Å². The van der Waals surface area contributed by atoms with Crippen molar-refractivity contribution in [1.82, 2.24) is 4.90 Å². The van der Waals surface area contributed by atoms with Gasteiger partial charge in [-0.15, -0.1) is 0 Å². The van der Waals surface area contributed by atoms with Crippen molar-refractivity contribution < 1.29 is 13.9 Å². The molecule has 1 amide bonds. The van der Waals surface area contributed by atoms with E-state index in [2.05, 4.69) is 0 Å². The first-order valence-electron chi connectivity index (χ1n) is 4.14. The third kappa shape index (κ3) is 2.82. The van der Waals surface area contributed by atoms with E-state index in [1.54, 1.807) is 26.3 Å². The van der Waals surface area contributed by atoms with E-state index in [-0.39, 0.29) is 6.09 Å². The number of hydrogen-bond donors (Lipinski definition) is 0. The molecule has 0 aliphatic rings. The molecule has 0 atom stereocenters. The van der Waals surface area contributed by atoms with Crippen LogP contribution in [0.3, 0.4) is 0 Å². The van der Waals surface area contributed by atoms with Gasteiger partial charge in [0.25, 0.3) is 0 Å². The highest BCUT2D eigenvalue weighted by Crippen LogP contribution is 2.04. The van der Waals surface area contributed by atoms with Crippen molar-refractivity contribution in [3.63, 3.8) is 0 Å². The second kappa shape index (κ2) is 4.54. The van der Waals surface area contributed by atoms with Gasteiger partial charge in [-0.2, -0.15) is 0 Å². The Morgan fingerprint density at radius 1 is 1.69 bits per heavy atom. The molecular weight excluding hydrogens is 170 g/mol. The van der Waals surface area contributed by atoms with Crippen LogP contribution in [0, 0.1) is 0 Å². The quantitative estimate of drug-likeness (QED) is 0.718. The van der Waals surface area contributed by atoms with Gasteiger partial charge in [-0.1, -0.05) is 0 Å². The molecule has 1 rings (SSSR count). The maximum atomic E-state index is 11.1. The number of amides is 1. The smallest absolute Gasteiger partial charge is 0.409 e. The molecule has 1 aromatic rings. The number of carbonyl (C=O) groups excluding carboxylic acids is 1. The summed E-state index contributed by atoms with van der Waals surface area (Å²) in [5.41, 5.74) is 0. The summed E-state index contributed by atoms with van der Waals surface area (Å²) in [7, 11) is 1.67. The SMILES string of the molecule is CCOC(=O)N(C)Cc1ccco1. The Labute approximate surface area is 77.1 Å². The van der Waals surface area contributed by atoms with Crippen LogP contribution in [0.15, 0.2) is 22.8 Å². The molecule has 0 radical (unpaired) electrons. The Hall–Kier alpha value is -1.45. The monoisotopic (exact) mass is 183 g/mol. The zero-order chi connectivity index (χ0) is 9.68. The molecule has 0 fully saturated rings. The predicted molar refractivity (Wildman–Crippen MR) is 47.2 cm³/mol. The molecular formula is C9H13NO3. The van der Waals surface area contributed by atoms with Gasteiger partial charge < -0.3 is 14.1 Å². The van der Waals surface area contributed by atoms with E-state index in [0.29, 0.717) is 13.2 Å². The highest BCUT2D eigenvalue weighted by molar-refractivity contribution is 5.67. The second-order valence-electron chi connectivity index (χ2n) is 2.63. The van der Waals surface area contributed by atoms with Gasteiger partial charge in [0.05, 0.1) is 19.4 Å². The van der Waals surface area contributed by atoms with Crippen molar-refractivity contribution in [1.29, 1.82) is 0 Å². The molecule has 0 aromatic carbocycles. The Morgan fingerprint density at radius 3 is 3.00 bits per heavy atom. The van der Waals surface area contributed by atoms with Crippen molar-refractivity contribution in [3.8, 4) is 0 Å². The molecule has 1 aromatic heterocycles. The van der Waals surface area contributed by atoms with E-state index in [1.807, 2.05) is 6.07 Å². The number of furan rings is 1. The first-order chi connectivity index (χ1) is 6.24. The minimum atomic E-state index is -0.334. The molecule has 0 aliphatic heterocycles. The van der Waals surface area contributed by atoms with Gasteiger partial charge in [0.15, 0.2) is 0 Å². The lowest BCUT2D eigenvalue weighted by atomic mass is 10.4. The average molecular weight is 183 g/mol. The molecule has 0 aliphatic carbocycles. The summed E-state index contributed by atoms with van der Waals surface area (Å²) in [4.78, 5) is 12.6. The van der Waals surface area contributed by atoms with Crippen LogP contribution < -0.4 is 0 Å². The van der Waals surface area contributed by atoms with Crippen LogP contribution in [0.2, 0.25) is 0 Å². The standard InChI is InChI=1S/C9H13NO3/c1-3-12-9(11)10(2)7-8-5-4-6-13-8/h4-6H,3,7H2,1-2H3. The van der Waals surface area contributed by atoms with Crippen molar-refractivity contribution in [2.45, 2.75) is 13.5 Å².